The van der Waals surface area contributed by atoms with Gasteiger partial charge in [-0.3, -0.25) is 0 Å². The first-order valence-electron chi connectivity index (χ1n) is 9.20. The average molecular weight is 382 g/mol. The fraction of sp³-hybridized carbons (Fsp3) is 0.350. The molecule has 2 amide bonds. The Kier molecular flexibility index (Phi) is 5.03. The Balaban J connectivity index is 1.47. The molecule has 1 fully saturated rings. The van der Waals surface area contributed by atoms with Crippen LogP contribution in [0.2, 0.25) is 0 Å². The first-order chi connectivity index (χ1) is 13.2. The molecule has 6 nitrogen and oxygen atoms in total. The van der Waals surface area contributed by atoms with Crippen molar-refractivity contribution < 1.29 is 4.79 Å². The normalized spacial score (nSPS) is 16.8. The van der Waals surface area contributed by atoms with Crippen LogP contribution in [-0.4, -0.2) is 44.8 Å². The van der Waals surface area contributed by atoms with Gasteiger partial charge >= 0.3 is 6.03 Å². The number of imidazole rings is 1. The maximum absolute atomic E-state index is 12.6. The monoisotopic (exact) mass is 381 g/mol. The molecule has 0 radical (unpaired) electrons. The molecule has 0 saturated carbocycles. The van der Waals surface area contributed by atoms with Crippen LogP contribution in [0, 0.1) is 0 Å². The zero-order chi connectivity index (χ0) is 18.8. The van der Waals surface area contributed by atoms with Crippen molar-refractivity contribution in [3.8, 4) is 0 Å². The minimum absolute atomic E-state index is 0.0494. The van der Waals surface area contributed by atoms with Gasteiger partial charge in [0.15, 0.2) is 5.65 Å². The van der Waals surface area contributed by atoms with Crippen molar-refractivity contribution >= 4 is 34.6 Å². The SMILES string of the molecule is CCn1c([C@@H]2CCN(C(=O)Nc3ccc(SC)cc3)C2)nc2cccnc21. The zero-order valence-corrected chi connectivity index (χ0v) is 16.4. The summed E-state index contributed by atoms with van der Waals surface area (Å²) in [4.78, 5) is 25.0. The van der Waals surface area contributed by atoms with Crippen LogP contribution in [0.4, 0.5) is 10.5 Å². The predicted molar refractivity (Wildman–Crippen MR) is 109 cm³/mol. The number of amides is 2. The van der Waals surface area contributed by atoms with E-state index in [1.165, 1.54) is 4.90 Å². The summed E-state index contributed by atoms with van der Waals surface area (Å²) in [6.45, 7) is 4.35. The molecule has 1 aliphatic heterocycles. The molecule has 3 aromatic rings. The van der Waals surface area contributed by atoms with Crippen molar-refractivity contribution in [1.29, 1.82) is 0 Å². The van der Waals surface area contributed by atoms with Crippen LogP contribution in [0.3, 0.4) is 0 Å². The van der Waals surface area contributed by atoms with Crippen molar-refractivity contribution in [2.24, 2.45) is 0 Å². The smallest absolute Gasteiger partial charge is 0.321 e. The van der Waals surface area contributed by atoms with Gasteiger partial charge in [0.1, 0.15) is 11.3 Å². The number of carbonyl (C=O) groups excluding carboxylic acids is 1. The first kappa shape index (κ1) is 17.9. The highest BCUT2D eigenvalue weighted by atomic mass is 32.2. The highest BCUT2D eigenvalue weighted by Gasteiger charge is 2.31. The van der Waals surface area contributed by atoms with Crippen LogP contribution >= 0.6 is 11.8 Å². The molecule has 0 aliphatic carbocycles. The number of anilines is 1. The molecule has 1 atom stereocenters. The van der Waals surface area contributed by atoms with Crippen molar-refractivity contribution in [1.82, 2.24) is 19.4 Å². The maximum atomic E-state index is 12.6. The molecule has 1 N–H and O–H groups in total. The minimum atomic E-state index is -0.0494. The summed E-state index contributed by atoms with van der Waals surface area (Å²) in [7, 11) is 0. The molecule has 0 spiro atoms. The van der Waals surface area contributed by atoms with Crippen LogP contribution in [0.1, 0.15) is 25.1 Å². The molecular formula is C20H23N5OS. The quantitative estimate of drug-likeness (QED) is 0.688. The second-order valence-corrected chi connectivity index (χ2v) is 7.53. The predicted octanol–water partition coefficient (Wildman–Crippen LogP) is 4.19. The Morgan fingerprint density at radius 2 is 2.11 bits per heavy atom. The number of thioether (sulfide) groups is 1. The van der Waals surface area contributed by atoms with E-state index >= 15 is 0 Å². The van der Waals surface area contributed by atoms with Crippen LogP contribution in [-0.2, 0) is 6.54 Å². The fourth-order valence-corrected chi connectivity index (χ4v) is 4.04. The van der Waals surface area contributed by atoms with E-state index in [-0.39, 0.29) is 11.9 Å². The van der Waals surface area contributed by atoms with Crippen LogP contribution < -0.4 is 5.32 Å². The molecule has 1 saturated heterocycles. The van der Waals surface area contributed by atoms with E-state index in [0.29, 0.717) is 6.54 Å². The number of urea groups is 1. The molecule has 3 heterocycles. The van der Waals surface area contributed by atoms with Gasteiger partial charge < -0.3 is 14.8 Å². The number of pyridine rings is 1. The Hall–Kier alpha value is -2.54. The number of likely N-dealkylation sites (tertiary alicyclic amines) is 1. The van der Waals surface area contributed by atoms with Crippen molar-refractivity contribution in [3.63, 3.8) is 0 Å². The summed E-state index contributed by atoms with van der Waals surface area (Å²) in [6.07, 6.45) is 4.76. The lowest BCUT2D eigenvalue weighted by Gasteiger charge is -2.18. The van der Waals surface area contributed by atoms with E-state index in [4.69, 9.17) is 4.98 Å². The van der Waals surface area contributed by atoms with E-state index in [1.54, 1.807) is 18.0 Å². The van der Waals surface area contributed by atoms with Gasteiger partial charge in [0.2, 0.25) is 0 Å². The van der Waals surface area contributed by atoms with Gasteiger partial charge in [-0.05, 0) is 56.0 Å². The highest BCUT2D eigenvalue weighted by Crippen LogP contribution is 2.29. The number of hydrogen-bond acceptors (Lipinski definition) is 4. The fourth-order valence-electron chi connectivity index (χ4n) is 3.63. The van der Waals surface area contributed by atoms with E-state index in [9.17, 15) is 4.79 Å². The third-order valence-corrected chi connectivity index (χ3v) is 5.77. The number of nitrogens with zero attached hydrogens (tertiary/aromatic N) is 4. The summed E-state index contributed by atoms with van der Waals surface area (Å²) in [5.41, 5.74) is 2.67. The molecule has 1 aliphatic rings. The highest BCUT2D eigenvalue weighted by molar-refractivity contribution is 7.98. The van der Waals surface area contributed by atoms with Crippen LogP contribution in [0.5, 0.6) is 0 Å². The van der Waals surface area contributed by atoms with Gasteiger partial charge in [-0.25, -0.2) is 14.8 Å². The molecule has 0 bridgehead atoms. The topological polar surface area (TPSA) is 63.1 Å². The third-order valence-electron chi connectivity index (χ3n) is 5.03. The third kappa shape index (κ3) is 3.51. The van der Waals surface area contributed by atoms with Gasteiger partial charge in [-0.2, -0.15) is 0 Å². The maximum Gasteiger partial charge on any atom is 0.321 e. The molecule has 2 aromatic heterocycles. The standard InChI is InChI=1S/C20H23N5OS/c1-3-25-18(23-17-5-4-11-21-19(17)25)14-10-12-24(13-14)20(26)22-15-6-8-16(27-2)9-7-15/h4-9,11,14H,3,10,12-13H2,1-2H3,(H,22,26)/t14-/m1/s1. The molecule has 27 heavy (non-hydrogen) atoms. The number of fused-ring (bicyclic) bond motifs is 1. The van der Waals surface area contributed by atoms with Crippen molar-refractivity contribution in [2.45, 2.75) is 30.7 Å². The van der Waals surface area contributed by atoms with E-state index in [1.807, 2.05) is 47.6 Å². The van der Waals surface area contributed by atoms with Gasteiger partial charge in [0, 0.05) is 42.3 Å². The molecule has 0 unspecified atom stereocenters. The van der Waals surface area contributed by atoms with E-state index in [0.717, 1.165) is 42.2 Å². The summed E-state index contributed by atoms with van der Waals surface area (Å²) < 4.78 is 2.17. The Morgan fingerprint density at radius 3 is 2.85 bits per heavy atom. The number of aryl methyl sites for hydroxylation is 1. The number of nitrogens with one attached hydrogen (secondary N) is 1. The second-order valence-electron chi connectivity index (χ2n) is 6.65. The number of benzene rings is 1. The Labute approximate surface area is 163 Å². The van der Waals surface area contributed by atoms with Crippen molar-refractivity contribution in [3.05, 3.63) is 48.4 Å². The number of aromatic nitrogens is 3. The Morgan fingerprint density at radius 1 is 1.30 bits per heavy atom. The second kappa shape index (κ2) is 7.60. The van der Waals surface area contributed by atoms with Crippen LogP contribution in [0.25, 0.3) is 11.2 Å². The lowest BCUT2D eigenvalue weighted by Crippen LogP contribution is -2.33. The van der Waals surface area contributed by atoms with Gasteiger partial charge in [-0.1, -0.05) is 0 Å². The van der Waals surface area contributed by atoms with Gasteiger partial charge in [0.05, 0.1) is 0 Å². The summed E-state index contributed by atoms with van der Waals surface area (Å²) >= 11 is 1.69. The lowest BCUT2D eigenvalue weighted by molar-refractivity contribution is 0.222. The molecule has 7 heteroatoms. The molecular weight excluding hydrogens is 358 g/mol. The average Bonchev–Trinajstić information content (AvgIpc) is 3.33. The van der Waals surface area contributed by atoms with Crippen LogP contribution in [0.15, 0.2) is 47.5 Å². The lowest BCUT2D eigenvalue weighted by atomic mass is 10.1. The number of hydrogen-bond donors (Lipinski definition) is 1. The molecule has 1 aromatic carbocycles. The van der Waals surface area contributed by atoms with E-state index < -0.39 is 0 Å². The van der Waals surface area contributed by atoms with E-state index in [2.05, 4.69) is 21.8 Å². The molecule has 4 rings (SSSR count). The van der Waals surface area contributed by atoms with Gasteiger partial charge in [0.25, 0.3) is 0 Å². The first-order valence-corrected chi connectivity index (χ1v) is 10.4. The zero-order valence-electron chi connectivity index (χ0n) is 15.6. The number of rotatable bonds is 4. The summed E-state index contributed by atoms with van der Waals surface area (Å²) in [5.74, 6) is 1.27. The summed E-state index contributed by atoms with van der Waals surface area (Å²) in [6, 6.07) is 11.8. The largest absolute Gasteiger partial charge is 0.324 e. The minimum Gasteiger partial charge on any atom is -0.324 e. The van der Waals surface area contributed by atoms with Gasteiger partial charge in [-0.15, -0.1) is 11.8 Å². The Bertz CT molecular complexity index is 953. The molecule has 140 valence electrons. The summed E-state index contributed by atoms with van der Waals surface area (Å²) in [5, 5.41) is 3.00. The van der Waals surface area contributed by atoms with Crippen molar-refractivity contribution in [2.75, 3.05) is 24.7 Å². The number of carbonyl (C=O) groups is 1.